The summed E-state index contributed by atoms with van der Waals surface area (Å²) < 4.78 is 15.0. The van der Waals surface area contributed by atoms with Gasteiger partial charge in [0.1, 0.15) is 17.6 Å². The van der Waals surface area contributed by atoms with Gasteiger partial charge in [-0.25, -0.2) is 14.4 Å². The van der Waals surface area contributed by atoms with Gasteiger partial charge < -0.3 is 25.5 Å². The molecule has 0 spiro atoms. The molecule has 42 heavy (non-hydrogen) atoms. The monoisotopic (exact) mass is 581 g/mol. The standard InChI is InChI=1S/C30H40FN7O4/c1-19(32-5)26(40)35-25(30(2,3)4)28(42)38-13-6-7-22(38)16-36(14-12-20-8-10-21(31)11-9-20)27(41)24-18-37-17-23(39)15-33-29(37)34-24/h8-11,15,17-19,22,25,32,39H,6-7,12-14,16H2,1-5H3,(H,35,40)/t19-,22?,25+/m0/s1. The van der Waals surface area contributed by atoms with Crippen molar-refractivity contribution in [1.29, 1.82) is 0 Å². The van der Waals surface area contributed by atoms with E-state index in [4.69, 9.17) is 0 Å². The van der Waals surface area contributed by atoms with Gasteiger partial charge in [-0.3, -0.25) is 18.8 Å². The van der Waals surface area contributed by atoms with E-state index in [1.807, 2.05) is 20.8 Å². The zero-order valence-corrected chi connectivity index (χ0v) is 24.8. The molecule has 1 aromatic carbocycles. The highest BCUT2D eigenvalue weighted by Crippen LogP contribution is 2.27. The highest BCUT2D eigenvalue weighted by molar-refractivity contribution is 5.93. The largest absolute Gasteiger partial charge is 0.505 e. The third kappa shape index (κ3) is 7.22. The van der Waals surface area contributed by atoms with Gasteiger partial charge in [-0.2, -0.15) is 0 Å². The van der Waals surface area contributed by atoms with E-state index >= 15 is 0 Å². The van der Waals surface area contributed by atoms with Crippen molar-refractivity contribution in [2.45, 2.75) is 65.1 Å². The number of carbonyl (C=O) groups excluding carboxylic acids is 3. The number of carbonyl (C=O) groups is 3. The van der Waals surface area contributed by atoms with Crippen LogP contribution in [0, 0.1) is 11.2 Å². The fourth-order valence-corrected chi connectivity index (χ4v) is 5.11. The minimum Gasteiger partial charge on any atom is -0.505 e. The number of fused-ring (bicyclic) bond motifs is 1. The molecule has 3 N–H and O–H groups in total. The number of hydrogen-bond acceptors (Lipinski definition) is 7. The zero-order chi connectivity index (χ0) is 30.6. The summed E-state index contributed by atoms with van der Waals surface area (Å²) in [6.45, 7) is 8.57. The average molecular weight is 582 g/mol. The molecular formula is C30H40FN7O4. The molecular weight excluding hydrogens is 541 g/mol. The molecule has 0 bridgehead atoms. The lowest BCUT2D eigenvalue weighted by Crippen LogP contribution is -2.59. The van der Waals surface area contributed by atoms with E-state index in [0.29, 0.717) is 25.9 Å². The lowest BCUT2D eigenvalue weighted by Gasteiger charge is -2.37. The fraction of sp³-hybridized carbons (Fsp3) is 0.500. The average Bonchev–Trinajstić information content (AvgIpc) is 3.59. The molecule has 4 rings (SSSR count). The van der Waals surface area contributed by atoms with Crippen LogP contribution >= 0.6 is 0 Å². The molecule has 1 aliphatic heterocycles. The van der Waals surface area contributed by atoms with Crippen molar-refractivity contribution >= 4 is 23.5 Å². The number of aromatic nitrogens is 3. The van der Waals surface area contributed by atoms with E-state index in [0.717, 1.165) is 12.0 Å². The highest BCUT2D eigenvalue weighted by atomic mass is 19.1. The van der Waals surface area contributed by atoms with Gasteiger partial charge in [-0.15, -0.1) is 0 Å². The first-order valence-electron chi connectivity index (χ1n) is 14.2. The molecule has 11 nitrogen and oxygen atoms in total. The van der Waals surface area contributed by atoms with Crippen molar-refractivity contribution in [3.05, 3.63) is 59.9 Å². The molecule has 3 atom stereocenters. The van der Waals surface area contributed by atoms with Crippen LogP contribution in [-0.4, -0.2) is 91.8 Å². The van der Waals surface area contributed by atoms with Gasteiger partial charge in [0.2, 0.25) is 17.6 Å². The first-order chi connectivity index (χ1) is 19.9. The highest BCUT2D eigenvalue weighted by Gasteiger charge is 2.41. The number of amides is 3. The Morgan fingerprint density at radius 2 is 1.90 bits per heavy atom. The maximum Gasteiger partial charge on any atom is 0.274 e. The molecule has 3 heterocycles. The number of benzene rings is 1. The molecule has 0 saturated carbocycles. The molecule has 2 aromatic heterocycles. The topological polar surface area (TPSA) is 132 Å². The molecule has 3 aromatic rings. The van der Waals surface area contributed by atoms with E-state index in [2.05, 4.69) is 20.6 Å². The van der Waals surface area contributed by atoms with Crippen LogP contribution in [-0.2, 0) is 16.0 Å². The van der Waals surface area contributed by atoms with Crippen LogP contribution in [0.25, 0.3) is 5.78 Å². The third-order valence-electron chi connectivity index (χ3n) is 7.70. The summed E-state index contributed by atoms with van der Waals surface area (Å²) in [5.74, 6) is -0.908. The van der Waals surface area contributed by atoms with Crippen LogP contribution < -0.4 is 10.6 Å². The van der Waals surface area contributed by atoms with E-state index in [1.54, 1.807) is 35.9 Å². The Kier molecular flexibility index (Phi) is 9.45. The van der Waals surface area contributed by atoms with Gasteiger partial charge in [0.05, 0.1) is 18.4 Å². The number of imidazole rings is 1. The number of nitrogens with zero attached hydrogens (tertiary/aromatic N) is 5. The van der Waals surface area contributed by atoms with E-state index in [1.165, 1.54) is 35.1 Å². The predicted molar refractivity (Wildman–Crippen MR) is 155 cm³/mol. The van der Waals surface area contributed by atoms with Crippen LogP contribution in [0.3, 0.4) is 0 Å². The quantitative estimate of drug-likeness (QED) is 0.335. The number of likely N-dealkylation sites (N-methyl/N-ethyl adjacent to an activating group) is 1. The summed E-state index contributed by atoms with van der Waals surface area (Å²) in [5, 5.41) is 15.6. The number of halogens is 1. The van der Waals surface area contributed by atoms with Crippen molar-refractivity contribution < 1.29 is 23.9 Å². The first-order valence-corrected chi connectivity index (χ1v) is 14.2. The summed E-state index contributed by atoms with van der Waals surface area (Å²) in [6.07, 6.45) is 6.13. The summed E-state index contributed by atoms with van der Waals surface area (Å²) in [5.41, 5.74) is 0.480. The number of nitrogens with one attached hydrogen (secondary N) is 2. The Balaban J connectivity index is 1.58. The zero-order valence-electron chi connectivity index (χ0n) is 24.8. The lowest BCUT2D eigenvalue weighted by molar-refractivity contribution is -0.140. The Labute approximate surface area is 245 Å². The second kappa shape index (κ2) is 12.8. The van der Waals surface area contributed by atoms with Gasteiger partial charge >= 0.3 is 0 Å². The predicted octanol–water partition coefficient (Wildman–Crippen LogP) is 2.39. The minimum atomic E-state index is -0.748. The summed E-state index contributed by atoms with van der Waals surface area (Å²) in [7, 11) is 1.69. The van der Waals surface area contributed by atoms with Gasteiger partial charge in [-0.05, 0) is 56.3 Å². The van der Waals surface area contributed by atoms with Crippen LogP contribution in [0.2, 0.25) is 0 Å². The summed E-state index contributed by atoms with van der Waals surface area (Å²) in [6, 6.07) is 4.66. The number of rotatable bonds is 10. The molecule has 1 fully saturated rings. The second-order valence-corrected chi connectivity index (χ2v) is 11.9. The molecule has 12 heteroatoms. The van der Waals surface area contributed by atoms with Crippen LogP contribution in [0.5, 0.6) is 5.75 Å². The molecule has 1 unspecified atom stereocenters. The Morgan fingerprint density at radius 3 is 2.57 bits per heavy atom. The van der Waals surface area contributed by atoms with Crippen LogP contribution in [0.15, 0.2) is 42.9 Å². The summed E-state index contributed by atoms with van der Waals surface area (Å²) in [4.78, 5) is 52.4. The van der Waals surface area contributed by atoms with Crippen molar-refractivity contribution in [1.82, 2.24) is 34.8 Å². The fourth-order valence-electron chi connectivity index (χ4n) is 5.11. The smallest absolute Gasteiger partial charge is 0.274 e. The van der Waals surface area contributed by atoms with Crippen molar-refractivity contribution in [3.63, 3.8) is 0 Å². The molecule has 3 amide bonds. The van der Waals surface area contributed by atoms with E-state index < -0.39 is 17.5 Å². The van der Waals surface area contributed by atoms with Gasteiger partial charge in [0.25, 0.3) is 5.91 Å². The Bertz CT molecular complexity index is 1420. The molecule has 0 aliphatic carbocycles. The van der Waals surface area contributed by atoms with Crippen LogP contribution in [0.4, 0.5) is 4.39 Å². The molecule has 0 radical (unpaired) electrons. The van der Waals surface area contributed by atoms with Crippen LogP contribution in [0.1, 0.15) is 56.6 Å². The number of aromatic hydroxyl groups is 1. The van der Waals surface area contributed by atoms with E-state index in [9.17, 15) is 23.9 Å². The number of likely N-dealkylation sites (tertiary alicyclic amines) is 1. The Morgan fingerprint density at radius 1 is 1.19 bits per heavy atom. The van der Waals surface area contributed by atoms with Crippen molar-refractivity contribution in [3.8, 4) is 5.75 Å². The first kappa shape index (κ1) is 30.9. The molecule has 1 aliphatic rings. The van der Waals surface area contributed by atoms with Gasteiger partial charge in [-0.1, -0.05) is 32.9 Å². The Hall–Kier alpha value is -4.06. The lowest BCUT2D eigenvalue weighted by atomic mass is 9.85. The number of hydrogen-bond donors (Lipinski definition) is 3. The molecule has 1 saturated heterocycles. The van der Waals surface area contributed by atoms with Crippen molar-refractivity contribution in [2.75, 3.05) is 26.7 Å². The third-order valence-corrected chi connectivity index (χ3v) is 7.70. The molecule has 226 valence electrons. The maximum absolute atomic E-state index is 13.9. The van der Waals surface area contributed by atoms with Gasteiger partial charge in [0.15, 0.2) is 5.75 Å². The second-order valence-electron chi connectivity index (χ2n) is 11.9. The normalized spacial score (nSPS) is 16.8. The minimum absolute atomic E-state index is 0.0585. The SMILES string of the molecule is CN[C@@H](C)C(=O)N[C@H](C(=O)N1CCCC1CN(CCc1ccc(F)cc1)C(=O)c1cn2cc(O)cnc2n1)C(C)(C)C. The summed E-state index contributed by atoms with van der Waals surface area (Å²) >= 11 is 0. The maximum atomic E-state index is 13.9. The van der Waals surface area contributed by atoms with Crippen molar-refractivity contribution in [2.24, 2.45) is 5.41 Å². The van der Waals surface area contributed by atoms with Gasteiger partial charge in [0, 0.05) is 31.9 Å². The van der Waals surface area contributed by atoms with E-state index in [-0.39, 0.29) is 53.3 Å².